The van der Waals surface area contributed by atoms with Crippen LogP contribution in [-0.2, 0) is 5.41 Å². The van der Waals surface area contributed by atoms with Crippen molar-refractivity contribution >= 4 is 0 Å². The maximum absolute atomic E-state index is 11.9. The van der Waals surface area contributed by atoms with Gasteiger partial charge in [-0.2, -0.15) is 0 Å². The van der Waals surface area contributed by atoms with E-state index >= 15 is 0 Å². The number of nitrogens with zero attached hydrogens (tertiary/aromatic N) is 1. The van der Waals surface area contributed by atoms with Crippen LogP contribution in [0.3, 0.4) is 0 Å². The van der Waals surface area contributed by atoms with Gasteiger partial charge in [0.05, 0.1) is 0 Å². The number of aromatic nitrogens is 1. The summed E-state index contributed by atoms with van der Waals surface area (Å²) >= 11 is 0. The molecule has 2 nitrogen and oxygen atoms in total. The Morgan fingerprint density at radius 3 is 2.20 bits per heavy atom. The van der Waals surface area contributed by atoms with Gasteiger partial charge < -0.3 is 4.74 Å². The fourth-order valence-corrected chi connectivity index (χ4v) is 1.01. The maximum atomic E-state index is 11.9. The van der Waals surface area contributed by atoms with Crippen LogP contribution in [-0.4, -0.2) is 11.3 Å². The summed E-state index contributed by atoms with van der Waals surface area (Å²) in [5, 5.41) is 0. The van der Waals surface area contributed by atoms with Crippen molar-refractivity contribution in [2.24, 2.45) is 0 Å². The SMILES string of the molecule is CC(C)(C)c1cccc(OC(F)(F)F)n1. The van der Waals surface area contributed by atoms with Gasteiger partial charge in [0.1, 0.15) is 0 Å². The lowest BCUT2D eigenvalue weighted by Crippen LogP contribution is -2.20. The Hall–Kier alpha value is -1.26. The number of alkyl halides is 3. The Balaban J connectivity index is 2.94. The highest BCUT2D eigenvalue weighted by molar-refractivity contribution is 5.20. The van der Waals surface area contributed by atoms with Crippen LogP contribution in [0.1, 0.15) is 26.5 Å². The molecule has 1 aromatic rings. The van der Waals surface area contributed by atoms with Crippen LogP contribution in [0.4, 0.5) is 13.2 Å². The summed E-state index contributed by atoms with van der Waals surface area (Å²) in [6, 6.07) is 4.35. The number of ether oxygens (including phenoxy) is 1. The monoisotopic (exact) mass is 219 g/mol. The van der Waals surface area contributed by atoms with E-state index in [1.54, 1.807) is 6.07 Å². The number of pyridine rings is 1. The first-order valence-corrected chi connectivity index (χ1v) is 4.42. The molecule has 5 heteroatoms. The van der Waals surface area contributed by atoms with Gasteiger partial charge in [-0.05, 0) is 6.07 Å². The minimum absolute atomic E-state index is 0.301. The van der Waals surface area contributed by atoms with Crippen molar-refractivity contribution in [1.82, 2.24) is 4.98 Å². The summed E-state index contributed by atoms with van der Waals surface area (Å²) in [5.41, 5.74) is 0.259. The highest BCUT2D eigenvalue weighted by Crippen LogP contribution is 2.25. The number of rotatable bonds is 1. The third kappa shape index (κ3) is 3.77. The third-order valence-electron chi connectivity index (χ3n) is 1.71. The van der Waals surface area contributed by atoms with Gasteiger partial charge in [0.15, 0.2) is 0 Å². The van der Waals surface area contributed by atoms with E-state index in [1.165, 1.54) is 12.1 Å². The van der Waals surface area contributed by atoms with Gasteiger partial charge in [0, 0.05) is 17.2 Å². The normalized spacial score (nSPS) is 12.7. The maximum Gasteiger partial charge on any atom is 0.574 e. The molecule has 1 aromatic heterocycles. The summed E-state index contributed by atoms with van der Waals surface area (Å²) in [7, 11) is 0. The summed E-state index contributed by atoms with van der Waals surface area (Å²) in [4.78, 5) is 3.79. The molecule has 0 aromatic carbocycles. The van der Waals surface area contributed by atoms with E-state index in [0.717, 1.165) is 0 Å². The molecule has 0 spiro atoms. The van der Waals surface area contributed by atoms with Crippen LogP contribution in [0.15, 0.2) is 18.2 Å². The van der Waals surface area contributed by atoms with Gasteiger partial charge >= 0.3 is 6.36 Å². The van der Waals surface area contributed by atoms with E-state index in [1.807, 2.05) is 20.8 Å². The van der Waals surface area contributed by atoms with Crippen LogP contribution >= 0.6 is 0 Å². The molecule has 0 unspecified atom stereocenters. The molecule has 1 rings (SSSR count). The molecule has 15 heavy (non-hydrogen) atoms. The average Bonchev–Trinajstić information content (AvgIpc) is 1.99. The Morgan fingerprint density at radius 2 is 1.73 bits per heavy atom. The van der Waals surface area contributed by atoms with E-state index in [9.17, 15) is 13.2 Å². The molecule has 0 aliphatic heterocycles. The van der Waals surface area contributed by atoms with Crippen LogP contribution in [0.2, 0.25) is 0 Å². The first kappa shape index (κ1) is 11.8. The zero-order chi connectivity index (χ0) is 11.7. The molecular formula is C10H12F3NO. The lowest BCUT2D eigenvalue weighted by Gasteiger charge is -2.18. The van der Waals surface area contributed by atoms with E-state index in [-0.39, 0.29) is 5.41 Å². The molecule has 0 aliphatic rings. The average molecular weight is 219 g/mol. The van der Waals surface area contributed by atoms with Crippen LogP contribution in [0.25, 0.3) is 0 Å². The van der Waals surface area contributed by atoms with Gasteiger partial charge in [0.25, 0.3) is 0 Å². The highest BCUT2D eigenvalue weighted by atomic mass is 19.4. The van der Waals surface area contributed by atoms with E-state index in [4.69, 9.17) is 0 Å². The summed E-state index contributed by atoms with van der Waals surface area (Å²) in [6.07, 6.45) is -4.69. The third-order valence-corrected chi connectivity index (χ3v) is 1.71. The Morgan fingerprint density at radius 1 is 1.13 bits per heavy atom. The molecule has 0 atom stereocenters. The second kappa shape index (κ2) is 3.72. The first-order chi connectivity index (χ1) is 6.68. The Kier molecular flexibility index (Phi) is 2.93. The molecule has 0 radical (unpaired) electrons. The molecule has 0 amide bonds. The lowest BCUT2D eigenvalue weighted by molar-refractivity contribution is -0.276. The molecule has 0 N–H and O–H groups in total. The Bertz CT molecular complexity index is 341. The van der Waals surface area contributed by atoms with Crippen LogP contribution < -0.4 is 4.74 Å². The fraction of sp³-hybridized carbons (Fsp3) is 0.500. The highest BCUT2D eigenvalue weighted by Gasteiger charge is 2.32. The largest absolute Gasteiger partial charge is 0.574 e. The molecule has 1 heterocycles. The van der Waals surface area contributed by atoms with Crippen LogP contribution in [0.5, 0.6) is 5.88 Å². The molecule has 0 aliphatic carbocycles. The molecule has 0 saturated heterocycles. The smallest absolute Gasteiger partial charge is 0.388 e. The summed E-state index contributed by atoms with van der Waals surface area (Å²) in [6.45, 7) is 5.60. The van der Waals surface area contributed by atoms with E-state index in [2.05, 4.69) is 9.72 Å². The second-order valence-electron chi connectivity index (χ2n) is 4.16. The number of hydrogen-bond acceptors (Lipinski definition) is 2. The minimum Gasteiger partial charge on any atom is -0.388 e. The molecular weight excluding hydrogens is 207 g/mol. The zero-order valence-corrected chi connectivity index (χ0v) is 8.72. The quantitative estimate of drug-likeness (QED) is 0.723. The van der Waals surface area contributed by atoms with E-state index < -0.39 is 12.2 Å². The standard InChI is InChI=1S/C10H12F3NO/c1-9(2,3)7-5-4-6-8(14-7)15-10(11,12)13/h4-6H,1-3H3. The predicted molar refractivity (Wildman–Crippen MR) is 49.6 cm³/mol. The van der Waals surface area contributed by atoms with Crippen molar-refractivity contribution in [3.63, 3.8) is 0 Å². The number of hydrogen-bond donors (Lipinski definition) is 0. The second-order valence-corrected chi connectivity index (χ2v) is 4.16. The first-order valence-electron chi connectivity index (χ1n) is 4.42. The summed E-state index contributed by atoms with van der Waals surface area (Å²) in [5.74, 6) is -0.421. The molecule has 0 saturated carbocycles. The lowest BCUT2D eigenvalue weighted by atomic mass is 9.92. The predicted octanol–water partition coefficient (Wildman–Crippen LogP) is 3.28. The number of halogens is 3. The summed E-state index contributed by atoms with van der Waals surface area (Å²) < 4.78 is 39.4. The minimum atomic E-state index is -4.69. The van der Waals surface area contributed by atoms with Gasteiger partial charge in [-0.15, -0.1) is 13.2 Å². The van der Waals surface area contributed by atoms with Gasteiger partial charge in [-0.3, -0.25) is 0 Å². The fourth-order valence-electron chi connectivity index (χ4n) is 1.01. The van der Waals surface area contributed by atoms with Crippen molar-refractivity contribution in [2.45, 2.75) is 32.5 Å². The van der Waals surface area contributed by atoms with Gasteiger partial charge in [-0.1, -0.05) is 26.8 Å². The van der Waals surface area contributed by atoms with Crippen molar-refractivity contribution in [3.8, 4) is 5.88 Å². The zero-order valence-electron chi connectivity index (χ0n) is 8.72. The van der Waals surface area contributed by atoms with Crippen molar-refractivity contribution < 1.29 is 17.9 Å². The van der Waals surface area contributed by atoms with Gasteiger partial charge in [-0.25, -0.2) is 4.98 Å². The van der Waals surface area contributed by atoms with E-state index in [0.29, 0.717) is 5.69 Å². The van der Waals surface area contributed by atoms with Crippen molar-refractivity contribution in [3.05, 3.63) is 23.9 Å². The van der Waals surface area contributed by atoms with Gasteiger partial charge in [0.2, 0.25) is 5.88 Å². The molecule has 0 fully saturated rings. The molecule has 0 bridgehead atoms. The topological polar surface area (TPSA) is 22.1 Å². The van der Waals surface area contributed by atoms with Crippen LogP contribution in [0, 0.1) is 0 Å². The van der Waals surface area contributed by atoms with Crippen molar-refractivity contribution in [2.75, 3.05) is 0 Å². The molecule has 84 valence electrons. The Labute approximate surface area is 86.1 Å². The van der Waals surface area contributed by atoms with Crippen molar-refractivity contribution in [1.29, 1.82) is 0 Å².